The molecular weight excluding hydrogens is 238 g/mol. The van der Waals surface area contributed by atoms with Crippen molar-refractivity contribution in [2.75, 3.05) is 6.61 Å². The standard InChI is InChI=1S/C16H19NO2/c1-5-6-19-16(18)15(10-17)9-14-8-12(3)11(2)7-13(14)4/h7-9H,5-6H2,1-4H3. The second-order valence-electron chi connectivity index (χ2n) is 4.60. The molecule has 0 saturated carbocycles. The van der Waals surface area contributed by atoms with Crippen molar-refractivity contribution < 1.29 is 9.53 Å². The minimum absolute atomic E-state index is 0.0415. The van der Waals surface area contributed by atoms with E-state index in [9.17, 15) is 4.79 Å². The minimum Gasteiger partial charge on any atom is -0.462 e. The number of rotatable bonds is 4. The first-order valence-corrected chi connectivity index (χ1v) is 6.36. The fourth-order valence-corrected chi connectivity index (χ4v) is 1.70. The maximum absolute atomic E-state index is 11.7. The molecule has 0 heterocycles. The molecule has 100 valence electrons. The van der Waals surface area contributed by atoms with Gasteiger partial charge in [0, 0.05) is 0 Å². The zero-order chi connectivity index (χ0) is 14.4. The lowest BCUT2D eigenvalue weighted by Crippen LogP contribution is -2.07. The molecule has 1 aromatic carbocycles. The van der Waals surface area contributed by atoms with Crippen molar-refractivity contribution in [3.05, 3.63) is 40.0 Å². The quantitative estimate of drug-likeness (QED) is 0.471. The topological polar surface area (TPSA) is 50.1 Å². The number of esters is 1. The maximum Gasteiger partial charge on any atom is 0.348 e. The van der Waals surface area contributed by atoms with Crippen LogP contribution >= 0.6 is 0 Å². The number of hydrogen-bond donors (Lipinski definition) is 0. The Hall–Kier alpha value is -2.08. The summed E-state index contributed by atoms with van der Waals surface area (Å²) in [5.41, 5.74) is 4.30. The van der Waals surface area contributed by atoms with Crippen molar-refractivity contribution >= 4 is 12.0 Å². The van der Waals surface area contributed by atoms with Crippen LogP contribution in [0.4, 0.5) is 0 Å². The van der Waals surface area contributed by atoms with Gasteiger partial charge in [0.2, 0.25) is 0 Å². The first kappa shape index (κ1) is 15.0. The second-order valence-corrected chi connectivity index (χ2v) is 4.60. The first-order valence-electron chi connectivity index (χ1n) is 6.36. The predicted octanol–water partition coefficient (Wildman–Crippen LogP) is 3.47. The van der Waals surface area contributed by atoms with Crippen LogP contribution in [0.1, 0.15) is 35.6 Å². The molecule has 0 bridgehead atoms. The summed E-state index contributed by atoms with van der Waals surface area (Å²) in [5, 5.41) is 9.05. The molecule has 3 nitrogen and oxygen atoms in total. The van der Waals surface area contributed by atoms with E-state index in [-0.39, 0.29) is 5.57 Å². The van der Waals surface area contributed by atoms with E-state index < -0.39 is 5.97 Å². The second kappa shape index (κ2) is 6.75. The average molecular weight is 257 g/mol. The lowest BCUT2D eigenvalue weighted by Gasteiger charge is -2.07. The predicted molar refractivity (Wildman–Crippen MR) is 75.5 cm³/mol. The molecule has 0 aliphatic rings. The van der Waals surface area contributed by atoms with Crippen molar-refractivity contribution in [1.82, 2.24) is 0 Å². The third kappa shape index (κ3) is 3.96. The van der Waals surface area contributed by atoms with E-state index in [1.165, 1.54) is 5.56 Å². The molecule has 0 amide bonds. The van der Waals surface area contributed by atoms with Crippen molar-refractivity contribution in [3.63, 3.8) is 0 Å². The van der Waals surface area contributed by atoms with Gasteiger partial charge in [0.05, 0.1) is 6.61 Å². The van der Waals surface area contributed by atoms with Crippen LogP contribution < -0.4 is 0 Å². The Kier molecular flexibility index (Phi) is 5.32. The summed E-state index contributed by atoms with van der Waals surface area (Å²) in [6.45, 7) is 8.26. The van der Waals surface area contributed by atoms with E-state index in [2.05, 4.69) is 0 Å². The minimum atomic E-state index is -0.554. The molecular formula is C16H19NO2. The highest BCUT2D eigenvalue weighted by atomic mass is 16.5. The third-order valence-corrected chi connectivity index (χ3v) is 2.96. The van der Waals surface area contributed by atoms with E-state index in [1.807, 2.05) is 45.9 Å². The van der Waals surface area contributed by atoms with E-state index in [1.54, 1.807) is 6.08 Å². The fraction of sp³-hybridized carbons (Fsp3) is 0.375. The van der Waals surface area contributed by atoms with Gasteiger partial charge in [-0.2, -0.15) is 5.26 Å². The molecule has 1 rings (SSSR count). The maximum atomic E-state index is 11.7. The zero-order valence-corrected chi connectivity index (χ0v) is 11.9. The molecule has 0 fully saturated rings. The van der Waals surface area contributed by atoms with Crippen LogP contribution in [0.2, 0.25) is 0 Å². The van der Waals surface area contributed by atoms with Crippen molar-refractivity contribution in [2.45, 2.75) is 34.1 Å². The number of benzene rings is 1. The highest BCUT2D eigenvalue weighted by molar-refractivity contribution is 5.98. The summed E-state index contributed by atoms with van der Waals surface area (Å²) in [6.07, 6.45) is 2.34. The summed E-state index contributed by atoms with van der Waals surface area (Å²) in [6, 6.07) is 5.94. The van der Waals surface area contributed by atoms with Crippen molar-refractivity contribution in [3.8, 4) is 6.07 Å². The van der Waals surface area contributed by atoms with E-state index in [4.69, 9.17) is 10.00 Å². The van der Waals surface area contributed by atoms with Crippen molar-refractivity contribution in [1.29, 1.82) is 5.26 Å². The number of aryl methyl sites for hydroxylation is 3. The molecule has 0 N–H and O–H groups in total. The Morgan fingerprint density at radius 1 is 1.26 bits per heavy atom. The number of nitriles is 1. The first-order chi connectivity index (χ1) is 8.99. The summed E-state index contributed by atoms with van der Waals surface area (Å²) >= 11 is 0. The molecule has 0 aliphatic heterocycles. The van der Waals surface area contributed by atoms with E-state index in [0.717, 1.165) is 23.1 Å². The fourth-order valence-electron chi connectivity index (χ4n) is 1.70. The monoisotopic (exact) mass is 257 g/mol. The van der Waals surface area contributed by atoms with E-state index >= 15 is 0 Å². The molecule has 0 aromatic heterocycles. The zero-order valence-electron chi connectivity index (χ0n) is 11.9. The number of nitrogens with zero attached hydrogens (tertiary/aromatic N) is 1. The van der Waals surface area contributed by atoms with E-state index in [0.29, 0.717) is 6.61 Å². The molecule has 0 aliphatic carbocycles. The van der Waals surface area contributed by atoms with Gasteiger partial charge in [-0.05, 0) is 55.5 Å². The van der Waals surface area contributed by atoms with Crippen LogP contribution in [0.15, 0.2) is 17.7 Å². The van der Waals surface area contributed by atoms with Gasteiger partial charge in [-0.15, -0.1) is 0 Å². The highest BCUT2D eigenvalue weighted by Crippen LogP contribution is 2.18. The van der Waals surface area contributed by atoms with Gasteiger partial charge in [0.15, 0.2) is 0 Å². The molecule has 1 aromatic rings. The van der Waals surface area contributed by atoms with Crippen LogP contribution in [0.3, 0.4) is 0 Å². The van der Waals surface area contributed by atoms with Gasteiger partial charge in [0.1, 0.15) is 11.6 Å². The summed E-state index contributed by atoms with van der Waals surface area (Å²) in [4.78, 5) is 11.7. The van der Waals surface area contributed by atoms with Crippen LogP contribution in [0, 0.1) is 32.1 Å². The summed E-state index contributed by atoms with van der Waals surface area (Å²) in [5.74, 6) is -0.554. The molecule has 19 heavy (non-hydrogen) atoms. The van der Waals surface area contributed by atoms with Gasteiger partial charge in [-0.25, -0.2) is 4.79 Å². The van der Waals surface area contributed by atoms with Crippen LogP contribution in [0.25, 0.3) is 6.08 Å². The van der Waals surface area contributed by atoms with Gasteiger partial charge < -0.3 is 4.74 Å². The van der Waals surface area contributed by atoms with Gasteiger partial charge in [0.25, 0.3) is 0 Å². The molecule has 0 saturated heterocycles. The Morgan fingerprint density at radius 3 is 2.47 bits per heavy atom. The Labute approximate surface area is 114 Å². The van der Waals surface area contributed by atoms with Crippen molar-refractivity contribution in [2.24, 2.45) is 0 Å². The lowest BCUT2D eigenvalue weighted by atomic mass is 9.99. The Balaban J connectivity index is 3.08. The third-order valence-electron chi connectivity index (χ3n) is 2.96. The van der Waals surface area contributed by atoms with Gasteiger partial charge in [-0.3, -0.25) is 0 Å². The number of carbonyl (C=O) groups excluding carboxylic acids is 1. The largest absolute Gasteiger partial charge is 0.462 e. The number of hydrogen-bond acceptors (Lipinski definition) is 3. The molecule has 0 atom stereocenters. The number of carbonyl (C=O) groups is 1. The molecule has 3 heteroatoms. The van der Waals surface area contributed by atoms with Gasteiger partial charge in [-0.1, -0.05) is 19.1 Å². The van der Waals surface area contributed by atoms with Crippen LogP contribution in [0.5, 0.6) is 0 Å². The average Bonchev–Trinajstić information content (AvgIpc) is 2.38. The molecule has 0 unspecified atom stereocenters. The molecule has 0 radical (unpaired) electrons. The Bertz CT molecular complexity index is 551. The number of ether oxygens (including phenoxy) is 1. The van der Waals surface area contributed by atoms with Gasteiger partial charge >= 0.3 is 5.97 Å². The highest BCUT2D eigenvalue weighted by Gasteiger charge is 2.11. The van der Waals surface area contributed by atoms with Crippen LogP contribution in [-0.2, 0) is 9.53 Å². The SMILES string of the molecule is CCCOC(=O)C(C#N)=Cc1cc(C)c(C)cc1C. The smallest absolute Gasteiger partial charge is 0.348 e. The lowest BCUT2D eigenvalue weighted by molar-refractivity contribution is -0.138. The van der Waals surface area contributed by atoms with Crippen LogP contribution in [-0.4, -0.2) is 12.6 Å². The summed E-state index contributed by atoms with van der Waals surface area (Å²) < 4.78 is 4.98. The Morgan fingerprint density at radius 2 is 1.89 bits per heavy atom. The summed E-state index contributed by atoms with van der Waals surface area (Å²) in [7, 11) is 0. The molecule has 0 spiro atoms. The normalized spacial score (nSPS) is 11.0.